The molecule has 25 heavy (non-hydrogen) atoms. The zero-order valence-corrected chi connectivity index (χ0v) is 14.1. The molecule has 0 unspecified atom stereocenters. The molecule has 9 heteroatoms. The van der Waals surface area contributed by atoms with Crippen molar-refractivity contribution in [1.82, 2.24) is 15.0 Å². The molecule has 3 rings (SSSR count). The van der Waals surface area contributed by atoms with Gasteiger partial charge in [0.25, 0.3) is 0 Å². The third kappa shape index (κ3) is 3.90. The number of methoxy groups -OCH3 is 1. The number of primary sulfonamides is 1. The number of nitrogens with zero attached hydrogens (tertiary/aromatic N) is 3. The number of hydrogen-bond donors (Lipinski definition) is 2. The Balaban J connectivity index is 1.93. The lowest BCUT2D eigenvalue weighted by atomic mass is 10.2. The van der Waals surface area contributed by atoms with Gasteiger partial charge in [0.2, 0.25) is 16.0 Å². The van der Waals surface area contributed by atoms with Gasteiger partial charge < -0.3 is 10.1 Å². The fourth-order valence-corrected chi connectivity index (χ4v) is 2.76. The molecule has 2 aromatic carbocycles. The first-order chi connectivity index (χ1) is 12.0. The van der Waals surface area contributed by atoms with Crippen LogP contribution in [0.25, 0.3) is 11.4 Å². The minimum atomic E-state index is -3.79. The van der Waals surface area contributed by atoms with Crippen LogP contribution in [0.4, 0.5) is 11.6 Å². The van der Waals surface area contributed by atoms with Crippen LogP contribution < -0.4 is 15.2 Å². The van der Waals surface area contributed by atoms with Crippen molar-refractivity contribution in [2.24, 2.45) is 5.14 Å². The zero-order valence-electron chi connectivity index (χ0n) is 13.2. The molecule has 3 N–H and O–H groups in total. The molecule has 0 bridgehead atoms. The zero-order chi connectivity index (χ0) is 17.9. The quantitative estimate of drug-likeness (QED) is 0.716. The van der Waals surface area contributed by atoms with Gasteiger partial charge in [0.05, 0.1) is 17.6 Å². The Morgan fingerprint density at radius 1 is 1.08 bits per heavy atom. The standard InChI is InChI=1S/C16H15N5O3S/c1-24-14-8-3-2-7-13(14)15-18-10-19-16(21-15)20-11-5-4-6-12(9-11)25(17,22)23/h2-10H,1H3,(H2,17,22,23)(H,18,19,20,21). The van der Waals surface area contributed by atoms with Crippen molar-refractivity contribution >= 4 is 21.7 Å². The highest BCUT2D eigenvalue weighted by atomic mass is 32.2. The van der Waals surface area contributed by atoms with E-state index in [0.717, 1.165) is 0 Å². The molecule has 0 aliphatic heterocycles. The first-order valence-corrected chi connectivity index (χ1v) is 8.74. The normalized spacial score (nSPS) is 11.1. The number of hydrogen-bond acceptors (Lipinski definition) is 7. The first kappa shape index (κ1) is 16.8. The summed E-state index contributed by atoms with van der Waals surface area (Å²) < 4.78 is 28.2. The summed E-state index contributed by atoms with van der Waals surface area (Å²) in [6, 6.07) is 13.4. The molecule has 0 atom stereocenters. The number of aromatic nitrogens is 3. The van der Waals surface area contributed by atoms with Gasteiger partial charge in [-0.15, -0.1) is 0 Å². The van der Waals surface area contributed by atoms with E-state index in [1.54, 1.807) is 19.2 Å². The number of nitrogens with two attached hydrogens (primary N) is 1. The van der Waals surface area contributed by atoms with Gasteiger partial charge in [0.15, 0.2) is 5.82 Å². The van der Waals surface area contributed by atoms with Crippen LogP contribution in [-0.2, 0) is 10.0 Å². The largest absolute Gasteiger partial charge is 0.496 e. The van der Waals surface area contributed by atoms with Crippen molar-refractivity contribution in [1.29, 1.82) is 0 Å². The van der Waals surface area contributed by atoms with E-state index in [1.807, 2.05) is 24.3 Å². The smallest absolute Gasteiger partial charge is 0.238 e. The van der Waals surface area contributed by atoms with Gasteiger partial charge in [-0.2, -0.15) is 4.98 Å². The van der Waals surface area contributed by atoms with Gasteiger partial charge in [0.1, 0.15) is 12.1 Å². The van der Waals surface area contributed by atoms with Gasteiger partial charge in [-0.25, -0.2) is 23.5 Å². The van der Waals surface area contributed by atoms with Crippen molar-refractivity contribution in [3.8, 4) is 17.1 Å². The predicted octanol–water partition coefficient (Wildman–Crippen LogP) is 1.94. The van der Waals surface area contributed by atoms with E-state index < -0.39 is 10.0 Å². The summed E-state index contributed by atoms with van der Waals surface area (Å²) in [6.07, 6.45) is 1.36. The molecule has 0 spiro atoms. The van der Waals surface area contributed by atoms with Gasteiger partial charge in [-0.05, 0) is 30.3 Å². The van der Waals surface area contributed by atoms with Crippen molar-refractivity contribution in [2.75, 3.05) is 12.4 Å². The maximum Gasteiger partial charge on any atom is 0.238 e. The Hall–Kier alpha value is -3.04. The number of benzene rings is 2. The summed E-state index contributed by atoms with van der Waals surface area (Å²) >= 11 is 0. The number of ether oxygens (including phenoxy) is 1. The van der Waals surface area contributed by atoms with Crippen molar-refractivity contribution < 1.29 is 13.2 Å². The molecule has 0 saturated heterocycles. The molecule has 8 nitrogen and oxygen atoms in total. The SMILES string of the molecule is COc1ccccc1-c1ncnc(Nc2cccc(S(N)(=O)=O)c2)n1. The topological polar surface area (TPSA) is 120 Å². The molecule has 128 valence electrons. The maximum absolute atomic E-state index is 11.4. The van der Waals surface area contributed by atoms with Crippen LogP contribution in [0.2, 0.25) is 0 Å². The summed E-state index contributed by atoms with van der Waals surface area (Å²) in [5, 5.41) is 8.08. The van der Waals surface area contributed by atoms with Crippen LogP contribution in [0.1, 0.15) is 0 Å². The number of para-hydroxylation sites is 1. The molecule has 0 aliphatic carbocycles. The molecule has 0 aliphatic rings. The minimum absolute atomic E-state index is 0.00323. The number of anilines is 2. The van der Waals surface area contributed by atoms with E-state index in [0.29, 0.717) is 22.8 Å². The fourth-order valence-electron chi connectivity index (χ4n) is 2.20. The predicted molar refractivity (Wildman–Crippen MR) is 92.9 cm³/mol. The highest BCUT2D eigenvalue weighted by Crippen LogP contribution is 2.27. The second kappa shape index (κ2) is 6.83. The fraction of sp³-hybridized carbons (Fsp3) is 0.0625. The van der Waals surface area contributed by atoms with Crippen LogP contribution in [0.15, 0.2) is 59.8 Å². The molecule has 0 radical (unpaired) electrons. The average Bonchev–Trinajstić information content (AvgIpc) is 2.61. The number of nitrogens with one attached hydrogen (secondary N) is 1. The highest BCUT2D eigenvalue weighted by molar-refractivity contribution is 7.89. The van der Waals surface area contributed by atoms with Crippen LogP contribution in [0.5, 0.6) is 5.75 Å². The summed E-state index contributed by atoms with van der Waals surface area (Å²) in [6.45, 7) is 0. The average molecular weight is 357 g/mol. The molecule has 0 amide bonds. The molecule has 0 fully saturated rings. The van der Waals surface area contributed by atoms with Crippen molar-refractivity contribution in [3.63, 3.8) is 0 Å². The Morgan fingerprint density at radius 3 is 2.64 bits per heavy atom. The Kier molecular flexibility index (Phi) is 4.59. The highest BCUT2D eigenvalue weighted by Gasteiger charge is 2.11. The van der Waals surface area contributed by atoms with E-state index >= 15 is 0 Å². The Labute approximate surface area is 144 Å². The van der Waals surface area contributed by atoms with Crippen molar-refractivity contribution in [3.05, 3.63) is 54.9 Å². The van der Waals surface area contributed by atoms with E-state index in [4.69, 9.17) is 9.88 Å². The van der Waals surface area contributed by atoms with Crippen LogP contribution >= 0.6 is 0 Å². The third-order valence-corrected chi connectivity index (χ3v) is 4.25. The van der Waals surface area contributed by atoms with Crippen molar-refractivity contribution in [2.45, 2.75) is 4.90 Å². The molecule has 1 aromatic heterocycles. The monoisotopic (exact) mass is 357 g/mol. The summed E-state index contributed by atoms with van der Waals surface area (Å²) in [5.41, 5.74) is 1.21. The van der Waals surface area contributed by atoms with Gasteiger partial charge in [-0.3, -0.25) is 0 Å². The second-order valence-electron chi connectivity index (χ2n) is 5.03. The Bertz CT molecular complexity index is 1010. The summed E-state index contributed by atoms with van der Waals surface area (Å²) in [7, 11) is -2.22. The minimum Gasteiger partial charge on any atom is -0.496 e. The molecule has 3 aromatic rings. The number of rotatable bonds is 5. The Morgan fingerprint density at radius 2 is 1.88 bits per heavy atom. The molecule has 0 saturated carbocycles. The third-order valence-electron chi connectivity index (χ3n) is 3.34. The van der Waals surface area contributed by atoms with Crippen LogP contribution in [0, 0.1) is 0 Å². The molecule has 1 heterocycles. The van der Waals surface area contributed by atoms with Gasteiger partial charge >= 0.3 is 0 Å². The molecular formula is C16H15N5O3S. The van der Waals surface area contributed by atoms with E-state index in [-0.39, 0.29) is 10.8 Å². The second-order valence-corrected chi connectivity index (χ2v) is 6.59. The lowest BCUT2D eigenvalue weighted by Gasteiger charge is -2.09. The lowest BCUT2D eigenvalue weighted by Crippen LogP contribution is -2.12. The van der Waals surface area contributed by atoms with Crippen LogP contribution in [-0.4, -0.2) is 30.5 Å². The van der Waals surface area contributed by atoms with Crippen LogP contribution in [0.3, 0.4) is 0 Å². The lowest BCUT2D eigenvalue weighted by molar-refractivity contribution is 0.416. The van der Waals surface area contributed by atoms with Gasteiger partial charge in [0, 0.05) is 5.69 Å². The number of sulfonamides is 1. The first-order valence-electron chi connectivity index (χ1n) is 7.20. The van der Waals surface area contributed by atoms with E-state index in [2.05, 4.69) is 20.3 Å². The summed E-state index contributed by atoms with van der Waals surface area (Å²) in [5.74, 6) is 1.33. The maximum atomic E-state index is 11.4. The van der Waals surface area contributed by atoms with Gasteiger partial charge in [-0.1, -0.05) is 18.2 Å². The molecular weight excluding hydrogens is 342 g/mol. The summed E-state index contributed by atoms with van der Waals surface area (Å²) in [4.78, 5) is 12.6. The van der Waals surface area contributed by atoms with E-state index in [9.17, 15) is 8.42 Å². The van der Waals surface area contributed by atoms with E-state index in [1.165, 1.54) is 18.5 Å².